The largest absolute Gasteiger partial charge is 0.323 e. The molecule has 0 fully saturated rings. The highest BCUT2D eigenvalue weighted by molar-refractivity contribution is 7.17. The molecule has 2 N–H and O–H groups in total. The number of carbonyl (C=O) groups is 2. The van der Waals surface area contributed by atoms with Crippen molar-refractivity contribution >= 4 is 23.2 Å². The second kappa shape index (κ2) is 8.12. The molecule has 0 bridgehead atoms. The number of para-hydroxylation sites is 1. The van der Waals surface area contributed by atoms with Crippen molar-refractivity contribution in [3.63, 3.8) is 0 Å². The molecule has 0 atom stereocenters. The number of aromatic nitrogens is 1. The van der Waals surface area contributed by atoms with E-state index in [2.05, 4.69) is 10.9 Å². The van der Waals surface area contributed by atoms with Gasteiger partial charge in [0.15, 0.2) is 0 Å². The lowest BCUT2D eigenvalue weighted by Crippen LogP contribution is -2.41. The van der Waals surface area contributed by atoms with Crippen molar-refractivity contribution in [2.45, 2.75) is 0 Å². The number of nitrogens with zero attached hydrogens (tertiary/aromatic N) is 1. The third-order valence-electron chi connectivity index (χ3n) is 4.28. The fourth-order valence-electron chi connectivity index (χ4n) is 2.86. The lowest BCUT2D eigenvalue weighted by atomic mass is 10.1. The van der Waals surface area contributed by atoms with E-state index in [4.69, 9.17) is 0 Å². The number of nitrogens with one attached hydrogen (secondary N) is 2. The monoisotopic (exact) mass is 405 g/mol. The molecule has 2 amide bonds. The first kappa shape index (κ1) is 18.6. The third kappa shape index (κ3) is 4.09. The van der Waals surface area contributed by atoms with Gasteiger partial charge in [-0.2, -0.15) is 0 Å². The van der Waals surface area contributed by atoms with Crippen LogP contribution < -0.4 is 10.9 Å². The van der Waals surface area contributed by atoms with E-state index in [1.165, 1.54) is 23.5 Å². The van der Waals surface area contributed by atoms with Gasteiger partial charge in [-0.25, -0.2) is 4.39 Å². The molecule has 0 spiro atoms. The Balaban J connectivity index is 1.44. The van der Waals surface area contributed by atoms with Crippen molar-refractivity contribution in [3.8, 4) is 16.1 Å². The SMILES string of the molecule is O=C(NNC(=O)c1ccccc1-n1cccc1)c1ccc(-c2ccc(F)cc2)s1. The molecular formula is C22H16FN3O2S. The maximum absolute atomic E-state index is 13.1. The molecular weight excluding hydrogens is 389 g/mol. The van der Waals surface area contributed by atoms with Crippen LogP contribution in [0.4, 0.5) is 4.39 Å². The zero-order chi connectivity index (χ0) is 20.2. The van der Waals surface area contributed by atoms with Gasteiger partial charge in [-0.15, -0.1) is 11.3 Å². The summed E-state index contributed by atoms with van der Waals surface area (Å²) in [6.45, 7) is 0. The van der Waals surface area contributed by atoms with E-state index in [-0.39, 0.29) is 5.82 Å². The molecule has 2 aromatic carbocycles. The number of hydrogen-bond donors (Lipinski definition) is 2. The molecule has 0 saturated heterocycles. The minimum absolute atomic E-state index is 0.314. The first-order valence-corrected chi connectivity index (χ1v) is 9.62. The second-order valence-electron chi connectivity index (χ2n) is 6.19. The van der Waals surface area contributed by atoms with Gasteiger partial charge in [0.2, 0.25) is 0 Å². The van der Waals surface area contributed by atoms with Gasteiger partial charge in [0.1, 0.15) is 5.82 Å². The average molecular weight is 405 g/mol. The Labute approximate surface area is 170 Å². The quantitative estimate of drug-likeness (QED) is 0.494. The summed E-state index contributed by atoms with van der Waals surface area (Å²) < 4.78 is 14.9. The van der Waals surface area contributed by atoms with Gasteiger partial charge in [-0.05, 0) is 54.1 Å². The van der Waals surface area contributed by atoms with Crippen LogP contribution in [0.15, 0.2) is 85.2 Å². The highest BCUT2D eigenvalue weighted by Gasteiger charge is 2.15. The van der Waals surface area contributed by atoms with Crippen LogP contribution in [0.2, 0.25) is 0 Å². The van der Waals surface area contributed by atoms with Crippen molar-refractivity contribution in [1.82, 2.24) is 15.4 Å². The fraction of sp³-hybridized carbons (Fsp3) is 0. The van der Waals surface area contributed by atoms with Crippen LogP contribution in [0.25, 0.3) is 16.1 Å². The average Bonchev–Trinajstić information content (AvgIpc) is 3.45. The molecule has 2 heterocycles. The summed E-state index contributed by atoms with van der Waals surface area (Å²) in [5, 5.41) is 0. The van der Waals surface area contributed by atoms with Gasteiger partial charge in [0, 0.05) is 17.3 Å². The lowest BCUT2D eigenvalue weighted by Gasteiger charge is -2.11. The number of amides is 2. The minimum Gasteiger partial charge on any atom is -0.323 e. The molecule has 0 aliphatic carbocycles. The number of halogens is 1. The summed E-state index contributed by atoms with van der Waals surface area (Å²) in [7, 11) is 0. The van der Waals surface area contributed by atoms with Crippen LogP contribution in [-0.4, -0.2) is 16.4 Å². The summed E-state index contributed by atoms with van der Waals surface area (Å²) in [5.41, 5.74) is 6.87. The Bertz CT molecular complexity index is 1150. The van der Waals surface area contributed by atoms with Gasteiger partial charge >= 0.3 is 0 Å². The Morgan fingerprint density at radius 1 is 0.793 bits per heavy atom. The van der Waals surface area contributed by atoms with E-state index in [1.807, 2.05) is 41.2 Å². The van der Waals surface area contributed by atoms with Crippen molar-refractivity contribution < 1.29 is 14.0 Å². The molecule has 0 radical (unpaired) electrons. The molecule has 29 heavy (non-hydrogen) atoms. The Morgan fingerprint density at radius 3 is 2.24 bits per heavy atom. The zero-order valence-electron chi connectivity index (χ0n) is 15.1. The Morgan fingerprint density at radius 2 is 1.48 bits per heavy atom. The lowest BCUT2D eigenvalue weighted by molar-refractivity contribution is 0.0849. The topological polar surface area (TPSA) is 63.1 Å². The second-order valence-corrected chi connectivity index (χ2v) is 7.27. The maximum atomic E-state index is 13.1. The van der Waals surface area contributed by atoms with Gasteiger partial charge in [0.25, 0.3) is 11.8 Å². The summed E-state index contributed by atoms with van der Waals surface area (Å²) >= 11 is 1.26. The number of hydrazine groups is 1. The highest BCUT2D eigenvalue weighted by atomic mass is 32.1. The molecule has 0 aliphatic rings. The van der Waals surface area contributed by atoms with Gasteiger partial charge in [0.05, 0.1) is 16.1 Å². The summed E-state index contributed by atoms with van der Waals surface area (Å²) in [6, 6.07) is 20.4. The molecule has 0 unspecified atom stereocenters. The molecule has 4 rings (SSSR count). The first-order chi connectivity index (χ1) is 14.1. The number of carbonyl (C=O) groups excluding carboxylic acids is 2. The van der Waals surface area contributed by atoms with Gasteiger partial charge < -0.3 is 4.57 Å². The van der Waals surface area contributed by atoms with Crippen molar-refractivity contribution in [2.75, 3.05) is 0 Å². The smallest absolute Gasteiger partial charge is 0.279 e. The van der Waals surface area contributed by atoms with E-state index in [9.17, 15) is 14.0 Å². The number of rotatable bonds is 4. The minimum atomic E-state index is -0.421. The number of thiophene rings is 1. The third-order valence-corrected chi connectivity index (χ3v) is 5.41. The van der Waals surface area contributed by atoms with Crippen LogP contribution in [-0.2, 0) is 0 Å². The summed E-state index contributed by atoms with van der Waals surface area (Å²) in [5.74, 6) is -1.15. The van der Waals surface area contributed by atoms with E-state index in [1.54, 1.807) is 36.4 Å². The Kier molecular flexibility index (Phi) is 5.22. The van der Waals surface area contributed by atoms with E-state index in [0.717, 1.165) is 10.4 Å². The van der Waals surface area contributed by atoms with Crippen LogP contribution in [0.5, 0.6) is 0 Å². The van der Waals surface area contributed by atoms with Crippen LogP contribution in [0, 0.1) is 5.82 Å². The number of benzene rings is 2. The van der Waals surface area contributed by atoms with E-state index >= 15 is 0 Å². The van der Waals surface area contributed by atoms with Crippen LogP contribution in [0.3, 0.4) is 0 Å². The number of hydrogen-bond acceptors (Lipinski definition) is 3. The molecule has 2 aromatic heterocycles. The van der Waals surface area contributed by atoms with Crippen molar-refractivity contribution in [3.05, 3.63) is 101 Å². The fourth-order valence-corrected chi connectivity index (χ4v) is 3.76. The molecule has 0 saturated carbocycles. The van der Waals surface area contributed by atoms with Crippen molar-refractivity contribution in [2.24, 2.45) is 0 Å². The summed E-state index contributed by atoms with van der Waals surface area (Å²) in [4.78, 5) is 26.3. The highest BCUT2D eigenvalue weighted by Crippen LogP contribution is 2.28. The van der Waals surface area contributed by atoms with Crippen LogP contribution in [0.1, 0.15) is 20.0 Å². The first-order valence-electron chi connectivity index (χ1n) is 8.80. The van der Waals surface area contributed by atoms with Crippen molar-refractivity contribution in [1.29, 1.82) is 0 Å². The molecule has 0 aliphatic heterocycles. The molecule has 4 aromatic rings. The molecule has 144 valence electrons. The summed E-state index contributed by atoms with van der Waals surface area (Å²) in [6.07, 6.45) is 3.68. The van der Waals surface area contributed by atoms with Gasteiger partial charge in [-0.1, -0.05) is 24.3 Å². The predicted octanol–water partition coefficient (Wildman–Crippen LogP) is 4.42. The normalized spacial score (nSPS) is 10.5. The molecule has 7 heteroatoms. The van der Waals surface area contributed by atoms with Crippen LogP contribution >= 0.6 is 11.3 Å². The Hall–Kier alpha value is -3.71. The standard InChI is InChI=1S/C22H16FN3O2S/c23-16-9-7-15(8-10-16)19-11-12-20(29-19)22(28)25-24-21(27)17-5-1-2-6-18(17)26-13-3-4-14-26/h1-14H,(H,24,27)(H,25,28). The van der Waals surface area contributed by atoms with Gasteiger partial charge in [-0.3, -0.25) is 20.4 Å². The molecule has 5 nitrogen and oxygen atoms in total. The van der Waals surface area contributed by atoms with E-state index in [0.29, 0.717) is 16.1 Å². The predicted molar refractivity (Wildman–Crippen MR) is 110 cm³/mol. The maximum Gasteiger partial charge on any atom is 0.279 e. The zero-order valence-corrected chi connectivity index (χ0v) is 15.9. The van der Waals surface area contributed by atoms with E-state index < -0.39 is 11.8 Å².